The van der Waals surface area contributed by atoms with Crippen LogP contribution in [-0.2, 0) is 6.54 Å². The van der Waals surface area contributed by atoms with Crippen molar-refractivity contribution in [2.45, 2.75) is 32.5 Å². The number of halogens is 2. The van der Waals surface area contributed by atoms with Gasteiger partial charge in [-0.25, -0.2) is 4.98 Å². The third kappa shape index (κ3) is 2.81. The zero-order valence-electron chi connectivity index (χ0n) is 9.76. The summed E-state index contributed by atoms with van der Waals surface area (Å²) in [6, 6.07) is 0. The van der Waals surface area contributed by atoms with Crippen LogP contribution in [0.4, 0.5) is 8.78 Å². The van der Waals surface area contributed by atoms with E-state index < -0.39 is 6.55 Å². The van der Waals surface area contributed by atoms with Crippen LogP contribution in [0, 0.1) is 5.92 Å². The summed E-state index contributed by atoms with van der Waals surface area (Å²) in [6.07, 6.45) is 3.17. The van der Waals surface area contributed by atoms with Gasteiger partial charge in [0, 0.05) is 18.9 Å². The Morgan fingerprint density at radius 3 is 3.00 bits per heavy atom. The largest absolute Gasteiger partial charge is 0.392 e. The van der Waals surface area contributed by atoms with Gasteiger partial charge in [-0.2, -0.15) is 8.78 Å². The molecule has 2 rings (SSSR count). The Morgan fingerprint density at radius 1 is 1.59 bits per heavy atom. The maximum absolute atomic E-state index is 12.6. The predicted octanol–water partition coefficient (Wildman–Crippen LogP) is 1.48. The quantitative estimate of drug-likeness (QED) is 0.877. The van der Waals surface area contributed by atoms with Gasteiger partial charge in [0.15, 0.2) is 0 Å². The van der Waals surface area contributed by atoms with E-state index in [1.54, 1.807) is 0 Å². The van der Waals surface area contributed by atoms with E-state index in [9.17, 15) is 13.9 Å². The lowest BCUT2D eigenvalue weighted by molar-refractivity contribution is 0.0203. The molecule has 1 aliphatic rings. The number of aliphatic hydroxyl groups excluding tert-OH is 1. The molecule has 0 amide bonds. The topological polar surface area (TPSA) is 41.3 Å². The molecule has 6 heteroatoms. The van der Waals surface area contributed by atoms with E-state index in [1.165, 1.54) is 12.4 Å². The van der Waals surface area contributed by atoms with Gasteiger partial charge in [-0.1, -0.05) is 6.92 Å². The van der Waals surface area contributed by atoms with Crippen molar-refractivity contribution in [1.29, 1.82) is 0 Å². The number of piperidine rings is 1. The van der Waals surface area contributed by atoms with Crippen molar-refractivity contribution in [3.8, 4) is 0 Å². The second-order valence-corrected chi connectivity index (χ2v) is 4.60. The van der Waals surface area contributed by atoms with Gasteiger partial charge in [-0.05, 0) is 18.9 Å². The van der Waals surface area contributed by atoms with E-state index in [0.717, 1.165) is 17.5 Å². The molecule has 4 nitrogen and oxygen atoms in total. The van der Waals surface area contributed by atoms with Crippen molar-refractivity contribution in [3.63, 3.8) is 0 Å². The Labute approximate surface area is 98.9 Å². The fourth-order valence-corrected chi connectivity index (χ4v) is 2.10. The molecule has 0 radical (unpaired) electrons. The summed E-state index contributed by atoms with van der Waals surface area (Å²) in [7, 11) is 0. The number of alkyl halides is 2. The smallest absolute Gasteiger partial charge is 0.319 e. The van der Waals surface area contributed by atoms with E-state index in [1.807, 2.05) is 11.8 Å². The Morgan fingerprint density at radius 2 is 2.35 bits per heavy atom. The molecular formula is C11H17F2N3O. The van der Waals surface area contributed by atoms with E-state index in [0.29, 0.717) is 18.9 Å². The van der Waals surface area contributed by atoms with Crippen LogP contribution in [0.1, 0.15) is 25.7 Å². The van der Waals surface area contributed by atoms with Crippen molar-refractivity contribution in [2.75, 3.05) is 13.1 Å². The molecule has 0 aliphatic carbocycles. The highest BCUT2D eigenvalue weighted by Gasteiger charge is 2.25. The standard InChI is InChI=1S/C11H17F2N3O/c1-8-2-4-15(6-9(8)17)7-10-14-3-5-16(10)11(12)13/h3,5,8-9,11,17H,2,4,6-7H2,1H3. The number of β-amino-alcohol motifs (C(OH)–C–C–N with tert-alkyl or cyclic N) is 1. The summed E-state index contributed by atoms with van der Waals surface area (Å²) < 4.78 is 26.1. The van der Waals surface area contributed by atoms with E-state index in [2.05, 4.69) is 4.98 Å². The Hall–Kier alpha value is -1.01. The minimum atomic E-state index is -2.55. The van der Waals surface area contributed by atoms with Crippen LogP contribution in [0.3, 0.4) is 0 Å². The lowest BCUT2D eigenvalue weighted by Gasteiger charge is -2.33. The summed E-state index contributed by atoms with van der Waals surface area (Å²) in [5.41, 5.74) is 0. The second kappa shape index (κ2) is 5.10. The highest BCUT2D eigenvalue weighted by Crippen LogP contribution is 2.20. The molecule has 0 bridgehead atoms. The lowest BCUT2D eigenvalue weighted by Crippen LogP contribution is -2.42. The van der Waals surface area contributed by atoms with E-state index in [-0.39, 0.29) is 12.0 Å². The zero-order chi connectivity index (χ0) is 12.4. The first-order chi connectivity index (χ1) is 8.08. The van der Waals surface area contributed by atoms with Crippen LogP contribution in [0.15, 0.2) is 12.4 Å². The summed E-state index contributed by atoms with van der Waals surface area (Å²) in [6.45, 7) is 1.15. The minimum Gasteiger partial charge on any atom is -0.392 e. The average molecular weight is 245 g/mol. The molecule has 2 heterocycles. The van der Waals surface area contributed by atoms with Gasteiger partial charge in [0.25, 0.3) is 0 Å². The molecule has 0 saturated carbocycles. The van der Waals surface area contributed by atoms with Gasteiger partial charge in [0.1, 0.15) is 5.82 Å². The van der Waals surface area contributed by atoms with Crippen LogP contribution in [0.2, 0.25) is 0 Å². The number of likely N-dealkylation sites (tertiary alicyclic amines) is 1. The number of nitrogens with zero attached hydrogens (tertiary/aromatic N) is 3. The summed E-state index contributed by atoms with van der Waals surface area (Å²) in [4.78, 5) is 5.90. The molecule has 1 N–H and O–H groups in total. The van der Waals surface area contributed by atoms with Crippen LogP contribution >= 0.6 is 0 Å². The fraction of sp³-hybridized carbons (Fsp3) is 0.727. The highest BCUT2D eigenvalue weighted by molar-refractivity contribution is 4.94. The van der Waals surface area contributed by atoms with Gasteiger partial charge in [0.2, 0.25) is 0 Å². The third-order valence-electron chi connectivity index (χ3n) is 3.33. The lowest BCUT2D eigenvalue weighted by atomic mass is 9.96. The summed E-state index contributed by atoms with van der Waals surface area (Å²) in [5.74, 6) is 0.628. The predicted molar refractivity (Wildman–Crippen MR) is 58.5 cm³/mol. The number of hydrogen-bond donors (Lipinski definition) is 1. The summed E-state index contributed by atoms with van der Waals surface area (Å²) >= 11 is 0. The van der Waals surface area contributed by atoms with Crippen LogP contribution in [0.25, 0.3) is 0 Å². The molecule has 0 spiro atoms. The Bertz CT molecular complexity index is 369. The Kier molecular flexibility index (Phi) is 3.73. The maximum Gasteiger partial charge on any atom is 0.319 e. The molecule has 17 heavy (non-hydrogen) atoms. The highest BCUT2D eigenvalue weighted by atomic mass is 19.3. The van der Waals surface area contributed by atoms with Crippen molar-refractivity contribution in [1.82, 2.24) is 14.5 Å². The SMILES string of the molecule is CC1CCN(Cc2nccn2C(F)F)CC1O. The van der Waals surface area contributed by atoms with Crippen molar-refractivity contribution in [3.05, 3.63) is 18.2 Å². The molecule has 1 saturated heterocycles. The van der Waals surface area contributed by atoms with Gasteiger partial charge in [-0.15, -0.1) is 0 Å². The fourth-order valence-electron chi connectivity index (χ4n) is 2.10. The van der Waals surface area contributed by atoms with Crippen LogP contribution in [0.5, 0.6) is 0 Å². The van der Waals surface area contributed by atoms with Gasteiger partial charge >= 0.3 is 6.55 Å². The molecule has 1 aromatic heterocycles. The normalized spacial score (nSPS) is 26.6. The van der Waals surface area contributed by atoms with Crippen molar-refractivity contribution < 1.29 is 13.9 Å². The number of rotatable bonds is 3. The summed E-state index contributed by atoms with van der Waals surface area (Å²) in [5, 5.41) is 9.74. The van der Waals surface area contributed by atoms with Gasteiger partial charge < -0.3 is 5.11 Å². The molecule has 1 fully saturated rings. The van der Waals surface area contributed by atoms with Crippen molar-refractivity contribution >= 4 is 0 Å². The molecule has 0 aromatic carbocycles. The Balaban J connectivity index is 1.99. The second-order valence-electron chi connectivity index (χ2n) is 4.60. The van der Waals surface area contributed by atoms with Crippen LogP contribution < -0.4 is 0 Å². The molecule has 2 unspecified atom stereocenters. The van der Waals surface area contributed by atoms with Gasteiger partial charge in [0.05, 0.1) is 12.6 Å². The molecule has 96 valence electrons. The van der Waals surface area contributed by atoms with E-state index in [4.69, 9.17) is 0 Å². The average Bonchev–Trinajstić information content (AvgIpc) is 2.72. The monoisotopic (exact) mass is 245 g/mol. The van der Waals surface area contributed by atoms with Gasteiger partial charge in [-0.3, -0.25) is 9.47 Å². The third-order valence-corrected chi connectivity index (χ3v) is 3.33. The molecular weight excluding hydrogens is 228 g/mol. The first kappa shape index (κ1) is 12.4. The molecule has 1 aromatic rings. The first-order valence-corrected chi connectivity index (χ1v) is 5.78. The molecule has 2 atom stereocenters. The number of aromatic nitrogens is 2. The number of hydrogen-bond acceptors (Lipinski definition) is 3. The molecule has 1 aliphatic heterocycles. The van der Waals surface area contributed by atoms with E-state index >= 15 is 0 Å². The first-order valence-electron chi connectivity index (χ1n) is 5.78. The van der Waals surface area contributed by atoms with Crippen molar-refractivity contribution in [2.24, 2.45) is 5.92 Å². The number of aliphatic hydroxyl groups is 1. The zero-order valence-corrected chi connectivity index (χ0v) is 9.76. The van der Waals surface area contributed by atoms with Crippen LogP contribution in [-0.4, -0.2) is 38.8 Å². The minimum absolute atomic E-state index is 0.279. The maximum atomic E-state index is 12.6. The number of imidazole rings is 1.